The highest BCUT2D eigenvalue weighted by molar-refractivity contribution is 6.01. The molecule has 1 aliphatic rings. The number of carbonyl (C=O) groups excluding carboxylic acids is 1. The number of aromatic nitrogens is 1. The summed E-state index contributed by atoms with van der Waals surface area (Å²) in [5, 5.41) is 16.9. The second-order valence-electron chi connectivity index (χ2n) is 5.77. The summed E-state index contributed by atoms with van der Waals surface area (Å²) in [6.45, 7) is 5.72. The van der Waals surface area contributed by atoms with Crippen molar-refractivity contribution in [1.82, 2.24) is 4.98 Å². The van der Waals surface area contributed by atoms with E-state index in [0.717, 1.165) is 5.56 Å². The first-order valence-electron chi connectivity index (χ1n) is 6.25. The standard InChI is InChI=1S/C13H13F3N4O2/c1-11(2,3)7-4-5-17-8(6-7)9-18-12(10(21)22,20-19-9)13(14,15)16/h4-6H,1-3H3,(H,21,22)/p-1. The van der Waals surface area contributed by atoms with Crippen molar-refractivity contribution < 1.29 is 23.1 Å². The Morgan fingerprint density at radius 3 is 2.36 bits per heavy atom. The van der Waals surface area contributed by atoms with Crippen LogP contribution in [-0.2, 0) is 10.2 Å². The molecular weight excluding hydrogens is 301 g/mol. The summed E-state index contributed by atoms with van der Waals surface area (Å²) in [6.07, 6.45) is -3.86. The van der Waals surface area contributed by atoms with Crippen LogP contribution in [0.1, 0.15) is 32.0 Å². The van der Waals surface area contributed by atoms with Crippen LogP contribution in [0, 0.1) is 0 Å². The summed E-state index contributed by atoms with van der Waals surface area (Å²) in [5.74, 6) is -2.97. The number of carboxylic acids is 1. The molecule has 1 aromatic rings. The predicted molar refractivity (Wildman–Crippen MR) is 68.1 cm³/mol. The maximum atomic E-state index is 12.9. The molecule has 0 aliphatic carbocycles. The third-order valence-electron chi connectivity index (χ3n) is 3.09. The van der Waals surface area contributed by atoms with E-state index in [4.69, 9.17) is 0 Å². The summed E-state index contributed by atoms with van der Waals surface area (Å²) in [5.41, 5.74) is -3.18. The molecule has 0 bridgehead atoms. The minimum absolute atomic E-state index is 0.0172. The average molecular weight is 313 g/mol. The van der Waals surface area contributed by atoms with Crippen molar-refractivity contribution in [2.45, 2.75) is 38.0 Å². The number of aliphatic carboxylic acids is 1. The maximum absolute atomic E-state index is 12.9. The molecule has 0 N–H and O–H groups in total. The number of amidine groups is 1. The van der Waals surface area contributed by atoms with E-state index in [1.807, 2.05) is 20.8 Å². The number of rotatable bonds is 2. The monoisotopic (exact) mass is 313 g/mol. The molecule has 9 heteroatoms. The molecule has 0 saturated heterocycles. The minimum Gasteiger partial charge on any atom is -0.545 e. The van der Waals surface area contributed by atoms with Gasteiger partial charge < -0.3 is 9.90 Å². The summed E-state index contributed by atoms with van der Waals surface area (Å²) >= 11 is 0. The van der Waals surface area contributed by atoms with Gasteiger partial charge in [-0.1, -0.05) is 20.8 Å². The number of hydrogen-bond acceptors (Lipinski definition) is 6. The van der Waals surface area contributed by atoms with Gasteiger partial charge in [-0.05, 0) is 23.1 Å². The van der Waals surface area contributed by atoms with Gasteiger partial charge in [0.05, 0.1) is 0 Å². The third-order valence-corrected chi connectivity index (χ3v) is 3.09. The zero-order valence-corrected chi connectivity index (χ0v) is 12.0. The number of nitrogens with zero attached hydrogens (tertiary/aromatic N) is 4. The zero-order chi connectivity index (χ0) is 16.8. The first-order valence-corrected chi connectivity index (χ1v) is 6.25. The average Bonchev–Trinajstić information content (AvgIpc) is 2.84. The molecule has 1 aromatic heterocycles. The second-order valence-corrected chi connectivity index (χ2v) is 5.77. The van der Waals surface area contributed by atoms with E-state index in [2.05, 4.69) is 20.2 Å². The van der Waals surface area contributed by atoms with Gasteiger partial charge in [-0.2, -0.15) is 13.2 Å². The van der Waals surface area contributed by atoms with Gasteiger partial charge in [-0.25, -0.2) is 4.99 Å². The quantitative estimate of drug-likeness (QED) is 0.830. The van der Waals surface area contributed by atoms with Gasteiger partial charge in [-0.3, -0.25) is 4.98 Å². The van der Waals surface area contributed by atoms with Crippen LogP contribution in [0.2, 0.25) is 0 Å². The molecule has 0 saturated carbocycles. The summed E-state index contributed by atoms with van der Waals surface area (Å²) in [6, 6.07) is 3.20. The smallest absolute Gasteiger partial charge is 0.441 e. The number of azo groups is 1. The van der Waals surface area contributed by atoms with Crippen LogP contribution in [-0.4, -0.2) is 28.6 Å². The van der Waals surface area contributed by atoms with Gasteiger partial charge in [0, 0.05) is 6.20 Å². The highest BCUT2D eigenvalue weighted by atomic mass is 19.4. The molecule has 0 spiro atoms. The molecular formula is C13H12F3N4O2-. The summed E-state index contributed by atoms with van der Waals surface area (Å²) in [4.78, 5) is 17.9. The van der Waals surface area contributed by atoms with Crippen LogP contribution in [0.5, 0.6) is 0 Å². The Morgan fingerprint density at radius 2 is 1.91 bits per heavy atom. The second kappa shape index (κ2) is 4.85. The molecule has 1 aliphatic heterocycles. The van der Waals surface area contributed by atoms with E-state index in [1.165, 1.54) is 12.3 Å². The highest BCUT2D eigenvalue weighted by Crippen LogP contribution is 2.38. The fourth-order valence-electron chi connectivity index (χ4n) is 1.77. The molecule has 1 unspecified atom stereocenters. The van der Waals surface area contributed by atoms with E-state index in [0.29, 0.717) is 0 Å². The Labute approximate surface area is 123 Å². The first kappa shape index (κ1) is 16.1. The third kappa shape index (κ3) is 2.58. The number of hydrogen-bond donors (Lipinski definition) is 0. The van der Waals surface area contributed by atoms with E-state index in [9.17, 15) is 23.1 Å². The molecule has 2 rings (SSSR count). The van der Waals surface area contributed by atoms with Crippen LogP contribution in [0.25, 0.3) is 0 Å². The van der Waals surface area contributed by atoms with Crippen molar-refractivity contribution in [2.24, 2.45) is 15.2 Å². The molecule has 22 heavy (non-hydrogen) atoms. The SMILES string of the molecule is CC(C)(C)c1ccnc(C2=NC(C(=O)[O-])(C(F)(F)F)N=N2)c1. The van der Waals surface area contributed by atoms with Crippen molar-refractivity contribution in [2.75, 3.05) is 0 Å². The lowest BCUT2D eigenvalue weighted by molar-refractivity contribution is -0.328. The van der Waals surface area contributed by atoms with Crippen LogP contribution >= 0.6 is 0 Å². The Balaban J connectivity index is 2.51. The Bertz CT molecular complexity index is 677. The lowest BCUT2D eigenvalue weighted by Crippen LogP contribution is -2.54. The predicted octanol–water partition coefficient (Wildman–Crippen LogP) is 1.60. The lowest BCUT2D eigenvalue weighted by atomic mass is 9.87. The van der Waals surface area contributed by atoms with Crippen molar-refractivity contribution in [3.63, 3.8) is 0 Å². The molecule has 2 heterocycles. The van der Waals surface area contributed by atoms with Crippen molar-refractivity contribution in [3.05, 3.63) is 29.6 Å². The highest BCUT2D eigenvalue weighted by Gasteiger charge is 2.60. The fraction of sp³-hybridized carbons (Fsp3) is 0.462. The maximum Gasteiger partial charge on any atom is 0.441 e. The summed E-state index contributed by atoms with van der Waals surface area (Å²) in [7, 11) is 0. The molecule has 0 aromatic carbocycles. The van der Waals surface area contributed by atoms with Crippen LogP contribution < -0.4 is 5.11 Å². The van der Waals surface area contributed by atoms with E-state index in [-0.39, 0.29) is 11.1 Å². The topological polar surface area (TPSA) is 90.1 Å². The molecule has 0 amide bonds. The lowest BCUT2D eigenvalue weighted by Gasteiger charge is -2.24. The van der Waals surface area contributed by atoms with Gasteiger partial charge >= 0.3 is 11.8 Å². The van der Waals surface area contributed by atoms with Gasteiger partial charge in [0.1, 0.15) is 11.7 Å². The Morgan fingerprint density at radius 1 is 1.27 bits per heavy atom. The van der Waals surface area contributed by atoms with Crippen molar-refractivity contribution in [3.8, 4) is 0 Å². The van der Waals surface area contributed by atoms with Gasteiger partial charge in [-0.15, -0.1) is 10.2 Å². The largest absolute Gasteiger partial charge is 0.545 e. The van der Waals surface area contributed by atoms with Crippen molar-refractivity contribution in [1.29, 1.82) is 0 Å². The van der Waals surface area contributed by atoms with Crippen molar-refractivity contribution >= 4 is 11.8 Å². The normalized spacial score (nSPS) is 21.8. The molecule has 0 radical (unpaired) electrons. The first-order chi connectivity index (χ1) is 9.97. The van der Waals surface area contributed by atoms with Crippen LogP contribution in [0.15, 0.2) is 33.6 Å². The van der Waals surface area contributed by atoms with Gasteiger partial charge in [0.15, 0.2) is 5.84 Å². The van der Waals surface area contributed by atoms with E-state index in [1.54, 1.807) is 6.07 Å². The van der Waals surface area contributed by atoms with E-state index >= 15 is 0 Å². The number of carboxylic acid groups (broad SMARTS) is 1. The van der Waals surface area contributed by atoms with Crippen LogP contribution in [0.3, 0.4) is 0 Å². The number of carbonyl (C=O) groups is 1. The van der Waals surface area contributed by atoms with Crippen LogP contribution in [0.4, 0.5) is 13.2 Å². The number of alkyl halides is 3. The molecule has 118 valence electrons. The number of pyridine rings is 1. The minimum atomic E-state index is -5.25. The molecule has 6 nitrogen and oxygen atoms in total. The fourth-order valence-corrected chi connectivity index (χ4v) is 1.77. The molecule has 0 fully saturated rings. The van der Waals surface area contributed by atoms with Gasteiger partial charge in [0.25, 0.3) is 0 Å². The Kier molecular flexibility index (Phi) is 3.54. The number of halogens is 3. The Hall–Kier alpha value is -2.32. The van der Waals surface area contributed by atoms with Gasteiger partial charge in [0.2, 0.25) is 0 Å². The molecule has 1 atom stereocenters. The summed E-state index contributed by atoms with van der Waals surface area (Å²) < 4.78 is 38.8. The number of aliphatic imine (C=N–C) groups is 1. The van der Waals surface area contributed by atoms with E-state index < -0.39 is 23.6 Å². The zero-order valence-electron chi connectivity index (χ0n) is 12.0.